The molecule has 1 aliphatic carbocycles. The minimum atomic E-state index is -1.28. The van der Waals surface area contributed by atoms with E-state index in [9.17, 15) is 9.59 Å². The molecule has 1 aliphatic heterocycles. The number of aryl methyl sites for hydroxylation is 2. The average molecular weight is 782 g/mol. The SMILES string of the molecule is COc1ccccc1CN(C(=O)C1(n2cc(-c3ccc(NC(=O)c4cnn5c(C)cc(C)nc45)cc3)nn2)CCN(C(=O)OC(C)(C)C)C1)C1CC1c1ccccc1. The van der Waals surface area contributed by atoms with Crippen LogP contribution in [0.25, 0.3) is 16.9 Å². The molecule has 3 aromatic carbocycles. The van der Waals surface area contributed by atoms with Crippen LogP contribution in [-0.4, -0.2) is 89.1 Å². The highest BCUT2D eigenvalue weighted by Crippen LogP contribution is 2.47. The first kappa shape index (κ1) is 38.3. The molecular weight excluding hydrogens is 735 g/mol. The summed E-state index contributed by atoms with van der Waals surface area (Å²) in [6, 6.07) is 27.0. The number of fused-ring (bicyclic) bond motifs is 1. The Kier molecular flexibility index (Phi) is 9.95. The Morgan fingerprint density at radius 3 is 2.47 bits per heavy atom. The normalized spacial score (nSPS) is 18.9. The van der Waals surface area contributed by atoms with Crippen LogP contribution in [0.15, 0.2) is 97.3 Å². The van der Waals surface area contributed by atoms with Crippen LogP contribution in [0.4, 0.5) is 10.5 Å². The zero-order valence-corrected chi connectivity index (χ0v) is 33.5. The fourth-order valence-electron chi connectivity index (χ4n) is 7.90. The predicted octanol–water partition coefficient (Wildman–Crippen LogP) is 6.79. The lowest BCUT2D eigenvalue weighted by Gasteiger charge is -2.35. The molecule has 1 saturated carbocycles. The first-order valence-corrected chi connectivity index (χ1v) is 19.5. The summed E-state index contributed by atoms with van der Waals surface area (Å²) >= 11 is 0. The van der Waals surface area contributed by atoms with Gasteiger partial charge in [-0.1, -0.05) is 65.9 Å². The molecule has 3 amide bonds. The van der Waals surface area contributed by atoms with Gasteiger partial charge in [0.2, 0.25) is 0 Å². The number of ether oxygens (including phenoxy) is 2. The van der Waals surface area contributed by atoms with Crippen LogP contribution in [0.3, 0.4) is 0 Å². The van der Waals surface area contributed by atoms with Gasteiger partial charge in [-0.05, 0) is 70.9 Å². The Balaban J connectivity index is 1.10. The molecule has 58 heavy (non-hydrogen) atoms. The highest BCUT2D eigenvalue weighted by molar-refractivity contribution is 6.08. The second-order valence-corrected chi connectivity index (χ2v) is 16.2. The van der Waals surface area contributed by atoms with E-state index in [2.05, 4.69) is 37.8 Å². The fourth-order valence-corrected chi connectivity index (χ4v) is 7.90. The molecule has 3 aromatic heterocycles. The number of aromatic nitrogens is 6. The van der Waals surface area contributed by atoms with Crippen LogP contribution >= 0.6 is 0 Å². The van der Waals surface area contributed by atoms with E-state index in [1.165, 1.54) is 11.8 Å². The number of rotatable bonds is 10. The number of para-hydroxylation sites is 1. The van der Waals surface area contributed by atoms with Gasteiger partial charge in [-0.3, -0.25) is 9.59 Å². The number of methoxy groups -OCH3 is 1. The Morgan fingerprint density at radius 1 is 0.983 bits per heavy atom. The molecule has 2 fully saturated rings. The second kappa shape index (κ2) is 15.1. The zero-order chi connectivity index (χ0) is 40.8. The first-order valence-electron chi connectivity index (χ1n) is 19.5. The Hall–Kier alpha value is -6.57. The summed E-state index contributed by atoms with van der Waals surface area (Å²) in [6.07, 6.45) is 3.90. The van der Waals surface area contributed by atoms with Crippen molar-refractivity contribution in [1.29, 1.82) is 0 Å². The molecule has 0 spiro atoms. The topological polar surface area (TPSA) is 149 Å². The summed E-state index contributed by atoms with van der Waals surface area (Å²) < 4.78 is 14.8. The van der Waals surface area contributed by atoms with Crippen molar-refractivity contribution in [2.24, 2.45) is 0 Å². The van der Waals surface area contributed by atoms with Gasteiger partial charge in [0.1, 0.15) is 22.6 Å². The predicted molar refractivity (Wildman–Crippen MR) is 217 cm³/mol. The van der Waals surface area contributed by atoms with Gasteiger partial charge in [0.05, 0.1) is 26.0 Å². The number of amides is 3. The lowest BCUT2D eigenvalue weighted by Crippen LogP contribution is -2.53. The maximum atomic E-state index is 15.5. The van der Waals surface area contributed by atoms with Gasteiger partial charge in [-0.2, -0.15) is 5.10 Å². The minimum absolute atomic E-state index is 0.0527. The average Bonchev–Trinajstić information content (AvgIpc) is 3.51. The molecule has 2 aliphatic rings. The maximum absolute atomic E-state index is 15.5. The Morgan fingerprint density at radius 2 is 1.72 bits per heavy atom. The molecule has 1 N–H and O–H groups in total. The molecular formula is C44H47N9O5. The molecule has 14 nitrogen and oxygen atoms in total. The lowest BCUT2D eigenvalue weighted by molar-refractivity contribution is -0.142. The molecule has 0 radical (unpaired) electrons. The van der Waals surface area contributed by atoms with Crippen molar-refractivity contribution in [1.82, 2.24) is 39.4 Å². The van der Waals surface area contributed by atoms with Crippen molar-refractivity contribution in [3.05, 3.63) is 125 Å². The van der Waals surface area contributed by atoms with Crippen molar-refractivity contribution in [3.63, 3.8) is 0 Å². The lowest BCUT2D eigenvalue weighted by atomic mass is 9.95. The third-order valence-corrected chi connectivity index (χ3v) is 10.9. The monoisotopic (exact) mass is 781 g/mol. The summed E-state index contributed by atoms with van der Waals surface area (Å²) in [5, 5.41) is 16.4. The van der Waals surface area contributed by atoms with E-state index in [1.54, 1.807) is 39.5 Å². The molecule has 4 heterocycles. The Bertz CT molecular complexity index is 2490. The van der Waals surface area contributed by atoms with E-state index < -0.39 is 17.2 Å². The molecule has 3 atom stereocenters. The van der Waals surface area contributed by atoms with Gasteiger partial charge in [0.15, 0.2) is 11.2 Å². The summed E-state index contributed by atoms with van der Waals surface area (Å²) in [7, 11) is 1.63. The van der Waals surface area contributed by atoms with Crippen LogP contribution < -0.4 is 10.1 Å². The molecule has 14 heteroatoms. The Labute approximate surface area is 336 Å². The molecule has 3 unspecified atom stereocenters. The number of carbonyl (C=O) groups is 3. The molecule has 6 aromatic rings. The summed E-state index contributed by atoms with van der Waals surface area (Å²) in [5.74, 6) is 0.361. The van der Waals surface area contributed by atoms with Gasteiger partial charge < -0.3 is 24.6 Å². The fraction of sp³-hybridized carbons (Fsp3) is 0.341. The van der Waals surface area contributed by atoms with E-state index in [-0.39, 0.29) is 30.3 Å². The van der Waals surface area contributed by atoms with Gasteiger partial charge in [0.25, 0.3) is 11.8 Å². The molecule has 0 bridgehead atoms. The van der Waals surface area contributed by atoms with Gasteiger partial charge in [0, 0.05) is 59.7 Å². The van der Waals surface area contributed by atoms with Crippen LogP contribution in [-0.2, 0) is 21.6 Å². The van der Waals surface area contributed by atoms with Crippen LogP contribution in [0.5, 0.6) is 5.75 Å². The number of likely N-dealkylation sites (tertiary alicyclic amines) is 1. The van der Waals surface area contributed by atoms with Crippen molar-refractivity contribution < 1.29 is 23.9 Å². The number of hydrogen-bond acceptors (Lipinski definition) is 9. The largest absolute Gasteiger partial charge is 0.496 e. The van der Waals surface area contributed by atoms with Gasteiger partial charge in [-0.25, -0.2) is 19.0 Å². The van der Waals surface area contributed by atoms with Crippen molar-refractivity contribution in [3.8, 4) is 17.0 Å². The van der Waals surface area contributed by atoms with E-state index in [1.807, 2.05) is 100 Å². The number of benzene rings is 3. The molecule has 8 rings (SSSR count). The molecule has 1 saturated heterocycles. The number of carbonyl (C=O) groups excluding carboxylic acids is 3. The zero-order valence-electron chi connectivity index (χ0n) is 33.5. The number of nitrogens with one attached hydrogen (secondary N) is 1. The highest BCUT2D eigenvalue weighted by Gasteiger charge is 2.55. The van der Waals surface area contributed by atoms with Crippen LogP contribution in [0.2, 0.25) is 0 Å². The second-order valence-electron chi connectivity index (χ2n) is 16.2. The summed E-state index contributed by atoms with van der Waals surface area (Å²) in [4.78, 5) is 50.3. The smallest absolute Gasteiger partial charge is 0.410 e. The minimum Gasteiger partial charge on any atom is -0.496 e. The van der Waals surface area contributed by atoms with E-state index in [4.69, 9.17) is 9.47 Å². The summed E-state index contributed by atoms with van der Waals surface area (Å²) in [6.45, 7) is 9.92. The van der Waals surface area contributed by atoms with Gasteiger partial charge >= 0.3 is 6.09 Å². The van der Waals surface area contributed by atoms with E-state index in [0.29, 0.717) is 47.9 Å². The van der Waals surface area contributed by atoms with Gasteiger partial charge in [-0.15, -0.1) is 5.10 Å². The van der Waals surface area contributed by atoms with E-state index >= 15 is 4.79 Å². The first-order chi connectivity index (χ1) is 27.8. The van der Waals surface area contributed by atoms with Crippen molar-refractivity contribution in [2.45, 2.75) is 77.1 Å². The standard InChI is InChI=1S/C44H47N9O5/c1-28-22-29(2)53-39(46-28)35(24-45-53)40(54)47-33-18-16-31(17-19-33)36-26-52(49-48-36)44(20-21-50(27-44)42(56)58-43(3,4)5)41(55)51(25-32-14-10-11-15-38(32)57-6)37-23-34(37)30-12-8-7-9-13-30/h7-19,22,24,26,34,37H,20-21,23,25,27H2,1-6H3,(H,47,54). The van der Waals surface area contributed by atoms with Crippen LogP contribution in [0.1, 0.15) is 72.4 Å². The van der Waals surface area contributed by atoms with Crippen LogP contribution in [0, 0.1) is 13.8 Å². The summed E-state index contributed by atoms with van der Waals surface area (Å²) in [5.41, 5.74) is 4.42. The number of anilines is 1. The van der Waals surface area contributed by atoms with Crippen molar-refractivity contribution in [2.75, 3.05) is 25.5 Å². The third-order valence-electron chi connectivity index (χ3n) is 10.9. The maximum Gasteiger partial charge on any atom is 0.410 e. The number of nitrogens with zero attached hydrogens (tertiary/aromatic N) is 8. The third kappa shape index (κ3) is 7.49. The number of hydrogen-bond donors (Lipinski definition) is 1. The quantitative estimate of drug-likeness (QED) is 0.159. The van der Waals surface area contributed by atoms with Crippen molar-refractivity contribution >= 4 is 29.2 Å². The molecule has 298 valence electrons. The highest BCUT2D eigenvalue weighted by atomic mass is 16.6. The van der Waals surface area contributed by atoms with E-state index in [0.717, 1.165) is 28.9 Å².